The molecule has 0 nitrogen and oxygen atoms in total. The molecule has 0 N–H and O–H groups in total. The molecular weight excluding hydrogens is 538 g/mol. The quantitative estimate of drug-likeness (QED) is 0.179. The molecule has 0 aliphatic heterocycles. The summed E-state index contributed by atoms with van der Waals surface area (Å²) in [4.78, 5) is 0. The van der Waals surface area contributed by atoms with Gasteiger partial charge < -0.3 is 0 Å². The molecule has 0 unspecified atom stereocenters. The molecule has 0 saturated heterocycles. The van der Waals surface area contributed by atoms with E-state index in [-0.39, 0.29) is 0 Å². The molecule has 2 heteroatoms. The number of hydrogen-bond donors (Lipinski definition) is 0. The van der Waals surface area contributed by atoms with Gasteiger partial charge in [-0.2, -0.15) is 0 Å². The third-order valence-electron chi connectivity index (χ3n) is 7.51. The molecule has 6 rings (SSSR count). The fourth-order valence-electron chi connectivity index (χ4n) is 6.10. The predicted molar refractivity (Wildman–Crippen MR) is 171 cm³/mol. The van der Waals surface area contributed by atoms with Gasteiger partial charge in [0.1, 0.15) is 0 Å². The van der Waals surface area contributed by atoms with E-state index in [0.29, 0.717) is 0 Å². The molecule has 0 atom stereocenters. The van der Waals surface area contributed by atoms with Crippen molar-refractivity contribution in [3.05, 3.63) is 182 Å². The summed E-state index contributed by atoms with van der Waals surface area (Å²) in [5, 5.41) is 4.32. The van der Waals surface area contributed by atoms with Crippen LogP contribution in [0.1, 0.15) is 0 Å². The number of rotatable bonds is 7. The Balaban J connectivity index is 1.93. The molecule has 0 aromatic heterocycles. The summed E-state index contributed by atoms with van der Waals surface area (Å²) in [6, 6.07) is 68.4. The Morgan fingerprint density at radius 1 is 0.263 bits per heavy atom. The first-order valence-electron chi connectivity index (χ1n) is 13.1. The van der Waals surface area contributed by atoms with E-state index in [9.17, 15) is 0 Å². The second kappa shape index (κ2) is 11.0. The van der Waals surface area contributed by atoms with Crippen LogP contribution in [-0.2, 0) is 0 Å². The molecule has 0 bridgehead atoms. The maximum absolute atomic E-state index is 3.63. The first kappa shape index (κ1) is 24.6. The number of hydrogen-bond acceptors (Lipinski definition) is 0. The molecule has 0 amide bonds. The van der Waals surface area contributed by atoms with Crippen LogP contribution in [0.5, 0.6) is 0 Å². The second-order valence-electron chi connectivity index (χ2n) is 9.49. The van der Waals surface area contributed by atoms with Crippen LogP contribution in [0.15, 0.2) is 182 Å². The van der Waals surface area contributed by atoms with Gasteiger partial charge in [-0.25, -0.2) is 0 Å². The summed E-state index contributed by atoms with van der Waals surface area (Å²) >= 11 is -3.63. The van der Waals surface area contributed by atoms with Crippen LogP contribution in [0.3, 0.4) is 0 Å². The molecule has 0 aliphatic carbocycles. The van der Waals surface area contributed by atoms with Crippen molar-refractivity contribution in [2.45, 2.75) is 0 Å². The zero-order valence-corrected chi connectivity index (χ0v) is 24.3. The summed E-state index contributed by atoms with van der Waals surface area (Å²) < 4.78 is 4.44. The molecule has 0 radical (unpaired) electrons. The minimum atomic E-state index is -3.63. The average Bonchev–Trinajstić information content (AvgIpc) is 3.02. The molecule has 0 saturated carbocycles. The molecule has 184 valence electrons. The van der Waals surface area contributed by atoms with Gasteiger partial charge in [0.05, 0.1) is 0 Å². The zero-order valence-electron chi connectivity index (χ0n) is 21.3. The van der Waals surface area contributed by atoms with E-state index in [1.807, 2.05) is 0 Å². The van der Waals surface area contributed by atoms with Crippen LogP contribution >= 0.6 is 5.82 Å². The van der Waals surface area contributed by atoms with E-state index < -0.39 is 18.9 Å². The average molecular weight is 570 g/mol. The number of benzene rings is 6. The zero-order chi connectivity index (χ0) is 25.7. The van der Waals surface area contributed by atoms with Gasteiger partial charge in [-0.15, -0.1) is 0 Å². The van der Waals surface area contributed by atoms with Gasteiger partial charge in [0.2, 0.25) is 0 Å². The summed E-state index contributed by atoms with van der Waals surface area (Å²) in [6.07, 6.45) is 0. The second-order valence-corrected chi connectivity index (χ2v) is 26.7. The van der Waals surface area contributed by atoms with Crippen molar-refractivity contribution in [1.29, 1.82) is 0 Å². The summed E-state index contributed by atoms with van der Waals surface area (Å²) in [5.41, 5.74) is 0. The van der Waals surface area contributed by atoms with Gasteiger partial charge >= 0.3 is 230 Å². The Morgan fingerprint density at radius 2 is 0.474 bits per heavy atom. The topological polar surface area (TPSA) is 0 Å². The normalized spacial score (nSPS) is 12.1. The SMILES string of the molecule is c1ccc([P+](c2ccccc2)(c2ccccc2)[AsH](c2ccccc2)(c2ccccc2)c2ccccc2)cc1. The van der Waals surface area contributed by atoms with Crippen LogP contribution in [0.25, 0.3) is 0 Å². The fourth-order valence-corrected chi connectivity index (χ4v) is 37.3. The van der Waals surface area contributed by atoms with Gasteiger partial charge in [-0.3, -0.25) is 0 Å². The Hall–Kier alpha value is -3.69. The van der Waals surface area contributed by atoms with Gasteiger partial charge in [-0.1, -0.05) is 0 Å². The molecule has 6 aromatic carbocycles. The molecule has 0 fully saturated rings. The van der Waals surface area contributed by atoms with E-state index in [1.165, 1.54) is 29.0 Å². The van der Waals surface area contributed by atoms with E-state index in [4.69, 9.17) is 0 Å². The standard InChI is InChI=1S/C36H31AsP/c1-7-19-31(20-8-1)37(32-21-9-2-10-22-32,33-23-11-3-12-24-33)38(34-25-13-4-14-26-34,35-27-15-5-16-28-35)36-29-17-6-18-30-36/h1-30,37H/q+1. The van der Waals surface area contributed by atoms with Gasteiger partial charge in [0.25, 0.3) is 0 Å². The van der Waals surface area contributed by atoms with Crippen LogP contribution in [0.2, 0.25) is 0 Å². The van der Waals surface area contributed by atoms with E-state index in [1.54, 1.807) is 0 Å². The Kier molecular flexibility index (Phi) is 7.11. The first-order valence-corrected chi connectivity index (χ1v) is 20.9. The van der Waals surface area contributed by atoms with Crippen molar-refractivity contribution in [2.24, 2.45) is 0 Å². The van der Waals surface area contributed by atoms with Crippen molar-refractivity contribution in [1.82, 2.24) is 0 Å². The Bertz CT molecular complexity index is 1250. The third kappa shape index (κ3) is 3.97. The van der Waals surface area contributed by atoms with Crippen molar-refractivity contribution in [2.75, 3.05) is 0 Å². The summed E-state index contributed by atoms with van der Waals surface area (Å²) in [7, 11) is 0. The first-order chi connectivity index (χ1) is 18.9. The van der Waals surface area contributed by atoms with Crippen molar-refractivity contribution < 1.29 is 0 Å². The van der Waals surface area contributed by atoms with E-state index in [0.717, 1.165) is 0 Å². The van der Waals surface area contributed by atoms with Gasteiger partial charge in [0, 0.05) is 0 Å². The molecule has 38 heavy (non-hydrogen) atoms. The van der Waals surface area contributed by atoms with Gasteiger partial charge in [0.15, 0.2) is 0 Å². The predicted octanol–water partition coefficient (Wildman–Crippen LogP) is 5.38. The molecule has 0 aliphatic rings. The maximum atomic E-state index is 2.41. The van der Waals surface area contributed by atoms with E-state index in [2.05, 4.69) is 182 Å². The van der Waals surface area contributed by atoms with Crippen molar-refractivity contribution in [3.8, 4) is 0 Å². The minimum absolute atomic E-state index is 1.44. The van der Waals surface area contributed by atoms with Crippen LogP contribution in [0, 0.1) is 0 Å². The Labute approximate surface area is 229 Å². The van der Waals surface area contributed by atoms with Crippen LogP contribution in [0.4, 0.5) is 0 Å². The Morgan fingerprint density at radius 3 is 0.711 bits per heavy atom. The van der Waals surface area contributed by atoms with Crippen LogP contribution < -0.4 is 29.0 Å². The van der Waals surface area contributed by atoms with Crippen molar-refractivity contribution in [3.63, 3.8) is 0 Å². The van der Waals surface area contributed by atoms with Crippen molar-refractivity contribution >= 4 is 47.9 Å². The molecule has 0 spiro atoms. The molecule has 6 aromatic rings. The van der Waals surface area contributed by atoms with Crippen LogP contribution in [-0.4, -0.2) is 13.1 Å². The third-order valence-corrected chi connectivity index (χ3v) is 34.3. The molecule has 0 heterocycles. The van der Waals surface area contributed by atoms with E-state index >= 15 is 0 Å². The fraction of sp³-hybridized carbons (Fsp3) is 0. The summed E-state index contributed by atoms with van der Waals surface area (Å²) in [6.45, 7) is 0. The van der Waals surface area contributed by atoms with Gasteiger partial charge in [-0.05, 0) is 0 Å². The molecular formula is C36H31AsP+. The summed E-state index contributed by atoms with van der Waals surface area (Å²) in [5.74, 6) is -2.27. The monoisotopic (exact) mass is 569 g/mol.